The van der Waals surface area contributed by atoms with E-state index in [4.69, 9.17) is 46.4 Å². The Labute approximate surface area is 146 Å². The van der Waals surface area contributed by atoms with E-state index in [1.807, 2.05) is 0 Å². The van der Waals surface area contributed by atoms with Crippen LogP contribution in [0, 0.1) is 6.07 Å². The number of pyridine rings is 3. The molecule has 109 valence electrons. The maximum absolute atomic E-state index is 6.15. The van der Waals surface area contributed by atoms with E-state index in [0.717, 1.165) is 11.1 Å². The van der Waals surface area contributed by atoms with Crippen molar-refractivity contribution in [2.45, 2.75) is 0 Å². The van der Waals surface area contributed by atoms with Gasteiger partial charge in [0, 0.05) is 46.9 Å². The lowest BCUT2D eigenvalue weighted by molar-refractivity contribution is 1.28. The van der Waals surface area contributed by atoms with E-state index in [1.54, 1.807) is 36.8 Å². The molecule has 0 amide bonds. The van der Waals surface area contributed by atoms with Crippen LogP contribution in [0.25, 0.3) is 22.3 Å². The van der Waals surface area contributed by atoms with Crippen LogP contribution >= 0.6 is 46.4 Å². The van der Waals surface area contributed by atoms with Gasteiger partial charge in [-0.25, -0.2) is 15.0 Å². The third kappa shape index (κ3) is 3.18. The summed E-state index contributed by atoms with van der Waals surface area (Å²) in [7, 11) is 0. The molecule has 0 atom stereocenters. The van der Waals surface area contributed by atoms with Crippen molar-refractivity contribution in [3.8, 4) is 22.3 Å². The molecule has 0 unspecified atom stereocenters. The molecule has 3 rings (SSSR count). The molecule has 0 aromatic carbocycles. The molecule has 7 heteroatoms. The molecule has 0 saturated carbocycles. The lowest BCUT2D eigenvalue weighted by Gasteiger charge is -2.07. The normalized spacial score (nSPS) is 10.7. The molecule has 0 fully saturated rings. The summed E-state index contributed by atoms with van der Waals surface area (Å²) in [5.74, 6) is 0. The molecule has 0 bridgehead atoms. The SMILES string of the molecule is Clc1ccc(-c2[c]c(-c3cnc(Cl)c(Cl)c3)cnc2Cl)cn1. The van der Waals surface area contributed by atoms with Crippen LogP contribution in [0.2, 0.25) is 20.5 Å². The van der Waals surface area contributed by atoms with E-state index in [0.29, 0.717) is 26.5 Å². The first-order chi connectivity index (χ1) is 10.5. The third-order valence-corrected chi connectivity index (χ3v) is 4.09. The van der Waals surface area contributed by atoms with Crippen molar-refractivity contribution in [3.63, 3.8) is 0 Å². The average molecular weight is 370 g/mol. The summed E-state index contributed by atoms with van der Waals surface area (Å²) in [6, 6.07) is 8.36. The predicted molar refractivity (Wildman–Crippen MR) is 89.6 cm³/mol. The van der Waals surface area contributed by atoms with Gasteiger partial charge in [0.05, 0.1) is 5.02 Å². The molecule has 22 heavy (non-hydrogen) atoms. The molecule has 3 heterocycles. The fraction of sp³-hybridized carbons (Fsp3) is 0. The summed E-state index contributed by atoms with van der Waals surface area (Å²) < 4.78 is 0. The lowest BCUT2D eigenvalue weighted by atomic mass is 10.0. The van der Waals surface area contributed by atoms with E-state index >= 15 is 0 Å². The molecule has 0 spiro atoms. The Hall–Kier alpha value is -1.39. The standard InChI is InChI=1S/C15H6Cl4N3/c16-12-4-10(7-22-15(12)19)9-3-11(14(18)21-6-9)8-1-2-13(17)20-5-8/h1-2,4-7H. The summed E-state index contributed by atoms with van der Waals surface area (Å²) in [4.78, 5) is 12.2. The summed E-state index contributed by atoms with van der Waals surface area (Å²) in [6.07, 6.45) is 4.80. The Morgan fingerprint density at radius 2 is 1.50 bits per heavy atom. The topological polar surface area (TPSA) is 38.7 Å². The van der Waals surface area contributed by atoms with Crippen LogP contribution in [0.5, 0.6) is 0 Å². The molecule has 0 aliphatic heterocycles. The molecule has 0 aliphatic rings. The van der Waals surface area contributed by atoms with Gasteiger partial charge in [-0.2, -0.15) is 0 Å². The van der Waals surface area contributed by atoms with E-state index < -0.39 is 0 Å². The first kappa shape index (κ1) is 15.5. The van der Waals surface area contributed by atoms with E-state index in [2.05, 4.69) is 21.0 Å². The highest BCUT2D eigenvalue weighted by Gasteiger charge is 2.10. The van der Waals surface area contributed by atoms with Gasteiger partial charge in [0.1, 0.15) is 15.5 Å². The summed E-state index contributed by atoms with van der Waals surface area (Å²) in [5.41, 5.74) is 2.81. The maximum atomic E-state index is 6.15. The minimum atomic E-state index is 0.245. The molecular weight excluding hydrogens is 364 g/mol. The number of rotatable bonds is 2. The van der Waals surface area contributed by atoms with Gasteiger partial charge in [-0.05, 0) is 18.2 Å². The largest absolute Gasteiger partial charge is 0.244 e. The van der Waals surface area contributed by atoms with Crippen molar-refractivity contribution in [2.75, 3.05) is 0 Å². The zero-order chi connectivity index (χ0) is 15.7. The number of halogens is 4. The second kappa shape index (κ2) is 6.39. The quantitative estimate of drug-likeness (QED) is 0.550. The number of aromatic nitrogens is 3. The van der Waals surface area contributed by atoms with Crippen molar-refractivity contribution in [1.82, 2.24) is 15.0 Å². The Balaban J connectivity index is 2.09. The van der Waals surface area contributed by atoms with Crippen LogP contribution in [0.15, 0.2) is 36.8 Å². The van der Waals surface area contributed by atoms with Crippen molar-refractivity contribution in [3.05, 3.63) is 63.3 Å². The monoisotopic (exact) mass is 368 g/mol. The van der Waals surface area contributed by atoms with Crippen LogP contribution in [0.1, 0.15) is 0 Å². The number of hydrogen-bond donors (Lipinski definition) is 0. The number of nitrogens with zero attached hydrogens (tertiary/aromatic N) is 3. The van der Waals surface area contributed by atoms with Crippen molar-refractivity contribution in [1.29, 1.82) is 0 Å². The van der Waals surface area contributed by atoms with Gasteiger partial charge < -0.3 is 0 Å². The zero-order valence-electron chi connectivity index (χ0n) is 10.8. The Morgan fingerprint density at radius 3 is 2.18 bits per heavy atom. The average Bonchev–Trinajstić information content (AvgIpc) is 2.52. The molecule has 0 N–H and O–H groups in total. The van der Waals surface area contributed by atoms with Gasteiger partial charge in [0.15, 0.2) is 0 Å². The highest BCUT2D eigenvalue weighted by atomic mass is 35.5. The molecule has 0 saturated heterocycles. The van der Waals surface area contributed by atoms with Gasteiger partial charge in [-0.15, -0.1) is 0 Å². The van der Waals surface area contributed by atoms with Gasteiger partial charge in [-0.1, -0.05) is 46.4 Å². The summed E-state index contributed by atoms with van der Waals surface area (Å²) >= 11 is 23.8. The van der Waals surface area contributed by atoms with Crippen LogP contribution < -0.4 is 0 Å². The second-order valence-electron chi connectivity index (χ2n) is 4.33. The van der Waals surface area contributed by atoms with Gasteiger partial charge in [0.2, 0.25) is 0 Å². The summed E-state index contributed by atoms with van der Waals surface area (Å²) in [6.45, 7) is 0. The maximum Gasteiger partial charge on any atom is 0.147 e. The lowest BCUT2D eigenvalue weighted by Crippen LogP contribution is -1.89. The fourth-order valence-corrected chi connectivity index (χ4v) is 2.42. The van der Waals surface area contributed by atoms with Crippen molar-refractivity contribution < 1.29 is 0 Å². The molecule has 1 radical (unpaired) electrons. The Morgan fingerprint density at radius 1 is 0.773 bits per heavy atom. The predicted octanol–water partition coefficient (Wildman–Crippen LogP) is 5.62. The highest BCUT2D eigenvalue weighted by molar-refractivity contribution is 6.41. The van der Waals surface area contributed by atoms with Gasteiger partial charge in [0.25, 0.3) is 0 Å². The van der Waals surface area contributed by atoms with E-state index in [9.17, 15) is 0 Å². The van der Waals surface area contributed by atoms with Gasteiger partial charge >= 0.3 is 0 Å². The molecule has 0 aliphatic carbocycles. The van der Waals surface area contributed by atoms with E-state index in [1.165, 1.54) is 0 Å². The van der Waals surface area contributed by atoms with Crippen LogP contribution in [-0.4, -0.2) is 15.0 Å². The third-order valence-electron chi connectivity index (χ3n) is 2.90. The minimum Gasteiger partial charge on any atom is -0.244 e. The van der Waals surface area contributed by atoms with Crippen molar-refractivity contribution in [2.24, 2.45) is 0 Å². The van der Waals surface area contributed by atoms with Crippen molar-refractivity contribution >= 4 is 46.4 Å². The summed E-state index contributed by atoms with van der Waals surface area (Å²) in [5, 5.41) is 1.32. The van der Waals surface area contributed by atoms with Gasteiger partial charge in [-0.3, -0.25) is 0 Å². The fourth-order valence-electron chi connectivity index (χ4n) is 1.83. The van der Waals surface area contributed by atoms with E-state index in [-0.39, 0.29) is 5.15 Å². The molecule has 3 nitrogen and oxygen atoms in total. The van der Waals surface area contributed by atoms with Crippen LogP contribution in [0.4, 0.5) is 0 Å². The zero-order valence-corrected chi connectivity index (χ0v) is 13.8. The molecule has 3 aromatic rings. The first-order valence-electron chi connectivity index (χ1n) is 6.06. The Kier molecular flexibility index (Phi) is 4.50. The first-order valence-corrected chi connectivity index (χ1v) is 7.57. The molecule has 3 aromatic heterocycles. The highest BCUT2D eigenvalue weighted by Crippen LogP contribution is 2.31. The molecular formula is C15H6Cl4N3. The number of hydrogen-bond acceptors (Lipinski definition) is 3. The second-order valence-corrected chi connectivity index (χ2v) is 5.84. The van der Waals surface area contributed by atoms with Crippen LogP contribution in [0.3, 0.4) is 0 Å². The Bertz CT molecular complexity index is 835. The minimum absolute atomic E-state index is 0.245. The smallest absolute Gasteiger partial charge is 0.147 e. The van der Waals surface area contributed by atoms with Crippen LogP contribution in [-0.2, 0) is 0 Å².